The van der Waals surface area contributed by atoms with E-state index in [9.17, 15) is 20.1 Å². The van der Waals surface area contributed by atoms with Crippen molar-refractivity contribution in [3.63, 3.8) is 0 Å². The molecule has 7 atom stereocenters. The highest BCUT2D eigenvalue weighted by atomic mass is 16.4. The number of hydrogen-bond acceptors (Lipinski definition) is 4. The molecule has 4 nitrogen and oxygen atoms in total. The van der Waals surface area contributed by atoms with Gasteiger partial charge in [0.25, 0.3) is 0 Å². The number of allylic oxidation sites excluding steroid dienone is 1. The van der Waals surface area contributed by atoms with Gasteiger partial charge in [-0.1, -0.05) is 19.4 Å². The molecule has 25 heavy (non-hydrogen) atoms. The van der Waals surface area contributed by atoms with Gasteiger partial charge in [-0.15, -0.1) is 0 Å². The van der Waals surface area contributed by atoms with Crippen molar-refractivity contribution in [1.29, 1.82) is 0 Å². The summed E-state index contributed by atoms with van der Waals surface area (Å²) in [7, 11) is 0. The van der Waals surface area contributed by atoms with E-state index in [2.05, 4.69) is 13.8 Å². The van der Waals surface area contributed by atoms with Gasteiger partial charge in [-0.05, 0) is 74.2 Å². The fourth-order valence-electron chi connectivity index (χ4n) is 7.31. The highest BCUT2D eigenvalue weighted by molar-refractivity contribution is 5.91. The third-order valence-corrected chi connectivity index (χ3v) is 8.90. The van der Waals surface area contributed by atoms with Crippen LogP contribution in [0.2, 0.25) is 0 Å². The molecular formula is C21H32O4. The Morgan fingerprint density at radius 1 is 1.12 bits per heavy atom. The van der Waals surface area contributed by atoms with Crippen LogP contribution >= 0.6 is 0 Å². The van der Waals surface area contributed by atoms with Crippen LogP contribution in [0.15, 0.2) is 11.6 Å². The standard InChI is InChI=1S/C21H32O4/c1-19-8-5-14(23)11-13(19)3-4-15-16(19)6-9-20(2)17(15)7-10-21(20,25)18(24)12-22/h11,15-18,22,24-25H,3-10,12H2,1-2H3/t15-,16+,17+,18?,19+,20+,21+/m1/s1. The van der Waals surface area contributed by atoms with Crippen LogP contribution in [0.1, 0.15) is 65.2 Å². The summed E-state index contributed by atoms with van der Waals surface area (Å²) in [6.45, 7) is 4.12. The maximum absolute atomic E-state index is 11.9. The lowest BCUT2D eigenvalue weighted by molar-refractivity contribution is -0.184. The molecule has 0 aromatic heterocycles. The van der Waals surface area contributed by atoms with Crippen LogP contribution in [0.5, 0.6) is 0 Å². The topological polar surface area (TPSA) is 77.8 Å². The molecule has 0 aromatic carbocycles. The van der Waals surface area contributed by atoms with Crippen LogP contribution in [0.25, 0.3) is 0 Å². The molecule has 0 saturated heterocycles. The summed E-state index contributed by atoms with van der Waals surface area (Å²) < 4.78 is 0. The lowest BCUT2D eigenvalue weighted by Gasteiger charge is -2.59. The molecule has 4 rings (SSSR count). The molecule has 3 saturated carbocycles. The lowest BCUT2D eigenvalue weighted by atomic mass is 9.46. The fraction of sp³-hybridized carbons (Fsp3) is 0.857. The average molecular weight is 348 g/mol. The molecule has 3 N–H and O–H groups in total. The third-order valence-electron chi connectivity index (χ3n) is 8.90. The number of carbonyl (C=O) groups excluding carboxylic acids is 1. The van der Waals surface area contributed by atoms with Gasteiger partial charge in [0.2, 0.25) is 0 Å². The smallest absolute Gasteiger partial charge is 0.155 e. The van der Waals surface area contributed by atoms with E-state index in [1.165, 1.54) is 5.57 Å². The zero-order chi connectivity index (χ0) is 18.0. The van der Waals surface area contributed by atoms with E-state index in [4.69, 9.17) is 0 Å². The van der Waals surface area contributed by atoms with Crippen LogP contribution in [0.3, 0.4) is 0 Å². The molecule has 0 radical (unpaired) electrons. The van der Waals surface area contributed by atoms with Crippen LogP contribution in [0.4, 0.5) is 0 Å². The summed E-state index contributed by atoms with van der Waals surface area (Å²) in [6.07, 6.45) is 8.03. The minimum Gasteiger partial charge on any atom is -0.394 e. The van der Waals surface area contributed by atoms with E-state index in [0.717, 1.165) is 38.5 Å². The molecule has 3 fully saturated rings. The van der Waals surface area contributed by atoms with Gasteiger partial charge in [-0.2, -0.15) is 0 Å². The van der Waals surface area contributed by atoms with E-state index in [1.807, 2.05) is 6.08 Å². The first-order valence-electron chi connectivity index (χ1n) is 10.0. The Bertz CT molecular complexity index is 613. The zero-order valence-corrected chi connectivity index (χ0v) is 15.5. The monoisotopic (exact) mass is 348 g/mol. The molecule has 0 bridgehead atoms. The quantitative estimate of drug-likeness (QED) is 0.717. The minimum absolute atomic E-state index is 0.133. The van der Waals surface area contributed by atoms with Crippen molar-refractivity contribution in [2.45, 2.75) is 76.9 Å². The molecular weight excluding hydrogens is 316 g/mol. The van der Waals surface area contributed by atoms with Crippen molar-refractivity contribution in [2.75, 3.05) is 6.61 Å². The second-order valence-electron chi connectivity index (χ2n) is 9.59. The molecule has 140 valence electrons. The first kappa shape index (κ1) is 17.7. The van der Waals surface area contributed by atoms with Crippen LogP contribution < -0.4 is 0 Å². The third kappa shape index (κ3) is 2.20. The van der Waals surface area contributed by atoms with E-state index < -0.39 is 11.7 Å². The summed E-state index contributed by atoms with van der Waals surface area (Å²) in [5, 5.41) is 31.1. The molecule has 0 aliphatic heterocycles. The molecule has 4 heteroatoms. The van der Waals surface area contributed by atoms with Gasteiger partial charge in [0.1, 0.15) is 6.10 Å². The average Bonchev–Trinajstić information content (AvgIpc) is 2.87. The molecule has 0 aromatic rings. The van der Waals surface area contributed by atoms with E-state index in [0.29, 0.717) is 30.6 Å². The fourth-order valence-corrected chi connectivity index (χ4v) is 7.31. The number of hydrogen-bond donors (Lipinski definition) is 3. The van der Waals surface area contributed by atoms with Crippen LogP contribution in [-0.2, 0) is 4.79 Å². The first-order chi connectivity index (χ1) is 11.8. The Labute approximate surface area is 150 Å². The SMILES string of the molecule is C[C@]12CCC(=O)C=C1CC[C@@H]1[C@@H]2CC[C@@]2(C)[C@H]1CC[C@]2(O)C(O)CO. The summed E-state index contributed by atoms with van der Waals surface area (Å²) in [5.74, 6) is 1.81. The number of rotatable bonds is 2. The maximum Gasteiger partial charge on any atom is 0.155 e. The first-order valence-corrected chi connectivity index (χ1v) is 10.0. The Hall–Kier alpha value is -0.710. The summed E-state index contributed by atoms with van der Waals surface area (Å²) in [6, 6.07) is 0. The largest absolute Gasteiger partial charge is 0.394 e. The normalized spacial score (nSPS) is 50.5. The van der Waals surface area contributed by atoms with E-state index in [-0.39, 0.29) is 23.2 Å². The Morgan fingerprint density at radius 2 is 1.84 bits per heavy atom. The number of fused-ring (bicyclic) bond motifs is 5. The summed E-state index contributed by atoms with van der Waals surface area (Å²) in [5.41, 5.74) is 0.00120. The van der Waals surface area contributed by atoms with Crippen LogP contribution in [0, 0.1) is 28.6 Å². The van der Waals surface area contributed by atoms with Gasteiger partial charge < -0.3 is 15.3 Å². The Balaban J connectivity index is 1.67. The molecule has 0 spiro atoms. The van der Waals surface area contributed by atoms with Gasteiger partial charge in [0, 0.05) is 11.8 Å². The van der Waals surface area contributed by atoms with Crippen molar-refractivity contribution < 1.29 is 20.1 Å². The Kier molecular flexibility index (Phi) is 3.99. The number of aliphatic hydroxyl groups is 3. The van der Waals surface area contributed by atoms with Gasteiger partial charge in [-0.25, -0.2) is 0 Å². The molecule has 4 aliphatic carbocycles. The summed E-state index contributed by atoms with van der Waals surface area (Å²) >= 11 is 0. The highest BCUT2D eigenvalue weighted by Gasteiger charge is 2.65. The van der Waals surface area contributed by atoms with Crippen molar-refractivity contribution in [2.24, 2.45) is 28.6 Å². The van der Waals surface area contributed by atoms with Crippen molar-refractivity contribution in [1.82, 2.24) is 0 Å². The van der Waals surface area contributed by atoms with Crippen LogP contribution in [-0.4, -0.2) is 39.4 Å². The number of carbonyl (C=O) groups is 1. The van der Waals surface area contributed by atoms with Crippen molar-refractivity contribution in [3.8, 4) is 0 Å². The number of ketones is 1. The molecule has 0 amide bonds. The highest BCUT2D eigenvalue weighted by Crippen LogP contribution is 2.67. The Morgan fingerprint density at radius 3 is 2.56 bits per heavy atom. The maximum atomic E-state index is 11.9. The van der Waals surface area contributed by atoms with Crippen molar-refractivity contribution in [3.05, 3.63) is 11.6 Å². The predicted octanol–water partition coefficient (Wildman–Crippen LogP) is 2.60. The van der Waals surface area contributed by atoms with Gasteiger partial charge in [0.05, 0.1) is 12.2 Å². The van der Waals surface area contributed by atoms with Gasteiger partial charge in [-0.3, -0.25) is 4.79 Å². The number of aliphatic hydroxyl groups excluding tert-OH is 2. The van der Waals surface area contributed by atoms with Crippen molar-refractivity contribution >= 4 is 5.78 Å². The summed E-state index contributed by atoms with van der Waals surface area (Å²) in [4.78, 5) is 11.9. The van der Waals surface area contributed by atoms with E-state index >= 15 is 0 Å². The second kappa shape index (κ2) is 5.64. The second-order valence-corrected chi connectivity index (χ2v) is 9.59. The van der Waals surface area contributed by atoms with Gasteiger partial charge >= 0.3 is 0 Å². The molecule has 1 unspecified atom stereocenters. The predicted molar refractivity (Wildman–Crippen MR) is 94.8 cm³/mol. The molecule has 0 heterocycles. The lowest BCUT2D eigenvalue weighted by Crippen LogP contribution is -2.59. The van der Waals surface area contributed by atoms with Gasteiger partial charge in [0.15, 0.2) is 5.78 Å². The van der Waals surface area contributed by atoms with E-state index in [1.54, 1.807) is 0 Å². The molecule has 4 aliphatic rings. The minimum atomic E-state index is -1.17. The zero-order valence-electron chi connectivity index (χ0n) is 15.5.